The van der Waals surface area contributed by atoms with Crippen molar-refractivity contribution in [2.45, 2.75) is 24.3 Å². The molecule has 10 heteroatoms. The van der Waals surface area contributed by atoms with E-state index in [1.54, 1.807) is 6.20 Å². The number of imidazole rings is 1. The van der Waals surface area contributed by atoms with E-state index in [1.807, 2.05) is 0 Å². The smallest absolute Gasteiger partial charge is 0.209 e. The van der Waals surface area contributed by atoms with E-state index in [-0.39, 0.29) is 17.0 Å². The van der Waals surface area contributed by atoms with Crippen LogP contribution >= 0.6 is 27.5 Å². The lowest BCUT2D eigenvalue weighted by Gasteiger charge is -2.08. The van der Waals surface area contributed by atoms with Crippen LogP contribution in [0, 0.1) is 10.8 Å². The Labute approximate surface area is 138 Å². The molecule has 4 N–H and O–H groups in total. The van der Waals surface area contributed by atoms with Crippen molar-refractivity contribution < 1.29 is 5.21 Å². The van der Waals surface area contributed by atoms with E-state index < -0.39 is 6.04 Å². The Balaban J connectivity index is 2.13. The van der Waals surface area contributed by atoms with Crippen LogP contribution in [0.4, 0.5) is 0 Å². The first-order valence-corrected chi connectivity index (χ1v) is 7.77. The van der Waals surface area contributed by atoms with Gasteiger partial charge in [0.1, 0.15) is 11.3 Å². The minimum absolute atomic E-state index is 0.176. The summed E-state index contributed by atoms with van der Waals surface area (Å²) in [6.45, 7) is 0. The maximum absolute atomic E-state index is 11.0. The highest BCUT2D eigenvalue weighted by Crippen LogP contribution is 2.46. The normalized spacial score (nSPS) is 18.4. The average molecular weight is 388 g/mol. The van der Waals surface area contributed by atoms with Gasteiger partial charge in [-0.1, -0.05) is 5.16 Å². The van der Waals surface area contributed by atoms with Crippen molar-refractivity contribution in [2.24, 2.45) is 22.0 Å². The summed E-state index contributed by atoms with van der Waals surface area (Å²) in [7, 11) is 0. The Morgan fingerprint density at radius 3 is 2.91 bits per heavy atom. The molecule has 2 aromatic rings. The molecule has 0 spiro atoms. The Morgan fingerprint density at radius 2 is 2.32 bits per heavy atom. The Hall–Kier alpha value is -1.74. The van der Waals surface area contributed by atoms with Crippen LogP contribution in [0.5, 0.6) is 0 Å². The zero-order valence-electron chi connectivity index (χ0n) is 11.2. The summed E-state index contributed by atoms with van der Waals surface area (Å²) in [5, 5.41) is 14.2. The zero-order valence-corrected chi connectivity index (χ0v) is 13.5. The van der Waals surface area contributed by atoms with Gasteiger partial charge in [0.05, 0.1) is 21.1 Å². The van der Waals surface area contributed by atoms with Gasteiger partial charge in [0.2, 0.25) is 6.04 Å². The number of nitroso groups, excluding NO2 is 1. The molecule has 0 bridgehead atoms. The van der Waals surface area contributed by atoms with Crippen LogP contribution in [0.3, 0.4) is 0 Å². The average Bonchev–Trinajstić information content (AvgIpc) is 3.27. The number of nitrogens with one attached hydrogen (secondary N) is 1. The third-order valence-electron chi connectivity index (χ3n) is 3.58. The predicted octanol–water partition coefficient (Wildman–Crippen LogP) is 2.96. The van der Waals surface area contributed by atoms with Gasteiger partial charge in [-0.15, -0.1) is 16.5 Å². The van der Waals surface area contributed by atoms with Crippen LogP contribution in [-0.4, -0.2) is 26.0 Å². The molecule has 1 aliphatic rings. The maximum Gasteiger partial charge on any atom is 0.209 e. The van der Waals surface area contributed by atoms with E-state index in [1.165, 1.54) is 0 Å². The van der Waals surface area contributed by atoms with Gasteiger partial charge in [-0.3, -0.25) is 4.98 Å². The summed E-state index contributed by atoms with van der Waals surface area (Å²) in [5.41, 5.74) is 7.34. The zero-order chi connectivity index (χ0) is 15.9. The van der Waals surface area contributed by atoms with Crippen LogP contribution in [-0.2, 0) is 0 Å². The summed E-state index contributed by atoms with van der Waals surface area (Å²) < 4.78 is 0.651. The lowest BCUT2D eigenvalue weighted by molar-refractivity contribution is 0.315. The molecule has 1 saturated carbocycles. The van der Waals surface area contributed by atoms with Gasteiger partial charge in [0.15, 0.2) is 5.84 Å². The molecule has 0 radical (unpaired) electrons. The summed E-state index contributed by atoms with van der Waals surface area (Å²) >= 11 is 9.81. The van der Waals surface area contributed by atoms with Crippen molar-refractivity contribution in [3.8, 4) is 0 Å². The molecule has 1 fully saturated rings. The van der Waals surface area contributed by atoms with Crippen molar-refractivity contribution in [3.05, 3.63) is 27.1 Å². The topological polar surface area (TPSA) is 130 Å². The highest BCUT2D eigenvalue weighted by atomic mass is 79.9. The Kier molecular flexibility index (Phi) is 4.00. The number of rotatable bonds is 5. The van der Waals surface area contributed by atoms with Crippen molar-refractivity contribution in [3.63, 3.8) is 0 Å². The van der Waals surface area contributed by atoms with Gasteiger partial charge in [-0.2, -0.15) is 0 Å². The van der Waals surface area contributed by atoms with E-state index in [4.69, 9.17) is 22.5 Å². The Bertz CT molecular complexity index is 759. The second-order valence-electron chi connectivity index (χ2n) is 5.11. The number of hydrogen-bond donors (Lipinski definition) is 3. The first-order valence-electron chi connectivity index (χ1n) is 6.54. The fraction of sp³-hybridized carbons (Fsp3) is 0.417. The number of alkyl halides is 1. The molecule has 2 unspecified atom stereocenters. The minimum Gasteiger partial charge on any atom is -0.409 e. The summed E-state index contributed by atoms with van der Waals surface area (Å²) in [4.78, 5) is 22.6. The first-order chi connectivity index (χ1) is 10.6. The van der Waals surface area contributed by atoms with Gasteiger partial charge in [-0.05, 0) is 39.9 Å². The van der Waals surface area contributed by atoms with Crippen molar-refractivity contribution in [1.82, 2.24) is 15.0 Å². The monoisotopic (exact) mass is 386 g/mol. The van der Waals surface area contributed by atoms with Gasteiger partial charge in [-0.25, -0.2) is 4.98 Å². The molecule has 0 aromatic carbocycles. The highest BCUT2D eigenvalue weighted by Gasteiger charge is 2.34. The molecule has 1 aliphatic carbocycles. The molecule has 8 nitrogen and oxygen atoms in total. The molecule has 116 valence electrons. The number of aromatic nitrogens is 3. The van der Waals surface area contributed by atoms with E-state index >= 15 is 0 Å². The number of aromatic amines is 1. The first kappa shape index (κ1) is 15.2. The number of H-pyrrole nitrogens is 1. The molecule has 2 aromatic heterocycles. The summed E-state index contributed by atoms with van der Waals surface area (Å²) in [5.74, 6) is 0.230. The molecule has 0 aliphatic heterocycles. The number of oxime groups is 1. The highest BCUT2D eigenvalue weighted by molar-refractivity contribution is 9.10. The van der Waals surface area contributed by atoms with Gasteiger partial charge < -0.3 is 15.9 Å². The van der Waals surface area contributed by atoms with Gasteiger partial charge in [0, 0.05) is 6.20 Å². The van der Waals surface area contributed by atoms with Crippen molar-refractivity contribution >= 4 is 44.4 Å². The fourth-order valence-corrected chi connectivity index (χ4v) is 3.06. The SMILES string of the molecule is NC(=NO)C(N=O)c1nc2c(Br)cnc(C(Cl)C3CC3)c2[nH]1. The number of amidine groups is 1. The molecule has 0 saturated heterocycles. The number of nitrogens with zero attached hydrogens (tertiary/aromatic N) is 4. The lowest BCUT2D eigenvalue weighted by atomic mass is 10.1. The standard InChI is InChI=1S/C12H12BrClN6O2/c13-5-3-16-8(6(14)4-1-2-4)9-7(5)17-12(18-9)10(19-21)11(15)20-22/h3-4,6,10,22H,1-2H2,(H2,15,20)(H,17,18). The number of halogens is 2. The minimum atomic E-state index is -1.20. The van der Waals surface area contributed by atoms with Crippen molar-refractivity contribution in [1.29, 1.82) is 0 Å². The summed E-state index contributed by atoms with van der Waals surface area (Å²) in [6.07, 6.45) is 3.75. The largest absolute Gasteiger partial charge is 0.409 e. The second-order valence-corrected chi connectivity index (χ2v) is 6.43. The van der Waals surface area contributed by atoms with Crippen LogP contribution in [0.2, 0.25) is 0 Å². The molecule has 3 rings (SSSR count). The van der Waals surface area contributed by atoms with Crippen LogP contribution in [0.15, 0.2) is 21.0 Å². The van der Waals surface area contributed by atoms with E-state index in [0.29, 0.717) is 27.1 Å². The van der Waals surface area contributed by atoms with E-state index in [2.05, 4.69) is 41.2 Å². The fourth-order valence-electron chi connectivity index (χ4n) is 2.25. The van der Waals surface area contributed by atoms with Gasteiger partial charge in [0.25, 0.3) is 0 Å². The molecule has 22 heavy (non-hydrogen) atoms. The molecule has 2 heterocycles. The number of hydrogen-bond acceptors (Lipinski definition) is 6. The van der Waals surface area contributed by atoms with Crippen LogP contribution < -0.4 is 5.73 Å². The quantitative estimate of drug-likeness (QED) is 0.181. The third kappa shape index (κ3) is 2.54. The molecule has 2 atom stereocenters. The lowest BCUT2D eigenvalue weighted by Crippen LogP contribution is -2.21. The van der Waals surface area contributed by atoms with E-state index in [9.17, 15) is 4.91 Å². The predicted molar refractivity (Wildman–Crippen MR) is 84.9 cm³/mol. The molecular weight excluding hydrogens is 376 g/mol. The van der Waals surface area contributed by atoms with Gasteiger partial charge >= 0.3 is 0 Å². The van der Waals surface area contributed by atoms with E-state index in [0.717, 1.165) is 12.8 Å². The maximum atomic E-state index is 11.0. The van der Waals surface area contributed by atoms with Crippen LogP contribution in [0.25, 0.3) is 11.0 Å². The van der Waals surface area contributed by atoms with Crippen molar-refractivity contribution in [2.75, 3.05) is 0 Å². The number of nitrogens with two attached hydrogens (primary N) is 1. The number of pyridine rings is 1. The molecular formula is C12H12BrClN6O2. The third-order valence-corrected chi connectivity index (χ3v) is 4.72. The summed E-state index contributed by atoms with van der Waals surface area (Å²) in [6, 6.07) is -1.20. The number of fused-ring (bicyclic) bond motifs is 1. The molecule has 0 amide bonds. The Morgan fingerprint density at radius 1 is 1.59 bits per heavy atom. The second kappa shape index (κ2) is 5.81. The van der Waals surface area contributed by atoms with Crippen LogP contribution in [0.1, 0.15) is 35.8 Å².